The van der Waals surface area contributed by atoms with Crippen molar-refractivity contribution in [1.82, 2.24) is 15.0 Å². The first-order valence-electron chi connectivity index (χ1n) is 9.31. The normalized spacial score (nSPS) is 15.7. The van der Waals surface area contributed by atoms with Crippen molar-refractivity contribution in [3.8, 4) is 17.4 Å². The first-order valence-corrected chi connectivity index (χ1v) is 9.31. The van der Waals surface area contributed by atoms with Gasteiger partial charge in [0.1, 0.15) is 11.5 Å². The number of aryl methyl sites for hydroxylation is 1. The summed E-state index contributed by atoms with van der Waals surface area (Å²) < 4.78 is 11.1. The number of furan rings is 1. The number of hydrogen-bond acceptors (Lipinski definition) is 6. The van der Waals surface area contributed by atoms with E-state index < -0.39 is 0 Å². The van der Waals surface area contributed by atoms with Gasteiger partial charge >= 0.3 is 0 Å². The van der Waals surface area contributed by atoms with E-state index in [0.29, 0.717) is 17.4 Å². The van der Waals surface area contributed by atoms with Crippen LogP contribution >= 0.6 is 0 Å². The van der Waals surface area contributed by atoms with Crippen LogP contribution in [0.25, 0.3) is 11.3 Å². The minimum absolute atomic E-state index is 0.605. The number of likely N-dealkylation sites (tertiary alicyclic amines) is 1. The van der Waals surface area contributed by atoms with Gasteiger partial charge in [0.25, 0.3) is 0 Å². The lowest BCUT2D eigenvalue weighted by Crippen LogP contribution is -2.33. The molecule has 1 aromatic carbocycles. The Labute approximate surface area is 158 Å². The Bertz CT molecular complexity index is 945. The molecule has 0 N–H and O–H groups in total. The van der Waals surface area contributed by atoms with Gasteiger partial charge in [0.2, 0.25) is 5.89 Å². The van der Waals surface area contributed by atoms with Gasteiger partial charge in [-0.15, -0.1) is 0 Å². The van der Waals surface area contributed by atoms with Crippen molar-refractivity contribution in [3.05, 3.63) is 59.4 Å². The Morgan fingerprint density at radius 2 is 2.00 bits per heavy atom. The van der Waals surface area contributed by atoms with Gasteiger partial charge in [0.05, 0.1) is 18.2 Å². The molecule has 1 aliphatic rings. The number of aromatic nitrogens is 2. The standard InChI is InChI=1S/C21H22N4O2/c1-15-23-21(24-27-15)12-16-8-10-25(11-9-16)14-18-6-7-20(26-18)19-5-3-2-4-17(19)13-22/h2-7,16H,8-12,14H2,1H3. The molecule has 3 aromatic rings. The highest BCUT2D eigenvalue weighted by Crippen LogP contribution is 2.27. The highest BCUT2D eigenvalue weighted by molar-refractivity contribution is 5.66. The average molecular weight is 362 g/mol. The number of hydrogen-bond donors (Lipinski definition) is 0. The van der Waals surface area contributed by atoms with Crippen molar-refractivity contribution in [2.24, 2.45) is 5.92 Å². The molecule has 0 spiro atoms. The van der Waals surface area contributed by atoms with E-state index in [2.05, 4.69) is 21.1 Å². The Kier molecular flexibility index (Phi) is 5.03. The molecule has 6 heteroatoms. The maximum Gasteiger partial charge on any atom is 0.223 e. The fourth-order valence-corrected chi connectivity index (χ4v) is 3.65. The predicted octanol–water partition coefficient (Wildman–Crippen LogP) is 3.96. The summed E-state index contributed by atoms with van der Waals surface area (Å²) in [5.41, 5.74) is 1.48. The Balaban J connectivity index is 1.33. The summed E-state index contributed by atoms with van der Waals surface area (Å²) in [6.45, 7) is 4.69. The second-order valence-corrected chi connectivity index (χ2v) is 7.08. The second kappa shape index (κ2) is 7.77. The van der Waals surface area contributed by atoms with Gasteiger partial charge in [0.15, 0.2) is 5.82 Å². The zero-order valence-corrected chi connectivity index (χ0v) is 15.4. The van der Waals surface area contributed by atoms with Crippen LogP contribution in [0.2, 0.25) is 0 Å². The van der Waals surface area contributed by atoms with E-state index in [0.717, 1.165) is 61.8 Å². The molecule has 138 valence electrons. The van der Waals surface area contributed by atoms with Crippen LogP contribution in [0.4, 0.5) is 0 Å². The molecule has 27 heavy (non-hydrogen) atoms. The van der Waals surface area contributed by atoms with Crippen molar-refractivity contribution in [3.63, 3.8) is 0 Å². The average Bonchev–Trinajstić information content (AvgIpc) is 3.32. The summed E-state index contributed by atoms with van der Waals surface area (Å²) in [6, 6.07) is 13.7. The van der Waals surface area contributed by atoms with E-state index in [1.54, 1.807) is 0 Å². The molecule has 0 atom stereocenters. The molecule has 4 rings (SSSR count). The van der Waals surface area contributed by atoms with Gasteiger partial charge in [-0.1, -0.05) is 17.3 Å². The lowest BCUT2D eigenvalue weighted by Gasteiger charge is -2.30. The van der Waals surface area contributed by atoms with Gasteiger partial charge in [-0.05, 0) is 56.1 Å². The third kappa shape index (κ3) is 4.09. The molecule has 0 saturated carbocycles. The zero-order chi connectivity index (χ0) is 18.6. The summed E-state index contributed by atoms with van der Waals surface area (Å²) in [5, 5.41) is 13.3. The van der Waals surface area contributed by atoms with Crippen LogP contribution in [0, 0.1) is 24.2 Å². The van der Waals surface area contributed by atoms with E-state index in [-0.39, 0.29) is 0 Å². The molecular formula is C21H22N4O2. The molecule has 1 aliphatic heterocycles. The van der Waals surface area contributed by atoms with E-state index >= 15 is 0 Å². The number of nitrogens with zero attached hydrogens (tertiary/aromatic N) is 4. The van der Waals surface area contributed by atoms with Crippen molar-refractivity contribution in [2.75, 3.05) is 13.1 Å². The molecule has 2 aromatic heterocycles. The van der Waals surface area contributed by atoms with Crippen LogP contribution in [-0.2, 0) is 13.0 Å². The highest BCUT2D eigenvalue weighted by Gasteiger charge is 2.22. The third-order valence-electron chi connectivity index (χ3n) is 5.10. The van der Waals surface area contributed by atoms with E-state index in [1.165, 1.54) is 0 Å². The topological polar surface area (TPSA) is 79.1 Å². The Morgan fingerprint density at radius 1 is 1.19 bits per heavy atom. The monoisotopic (exact) mass is 362 g/mol. The fourth-order valence-electron chi connectivity index (χ4n) is 3.65. The lowest BCUT2D eigenvalue weighted by molar-refractivity contribution is 0.165. The van der Waals surface area contributed by atoms with Crippen molar-refractivity contribution >= 4 is 0 Å². The van der Waals surface area contributed by atoms with Crippen LogP contribution in [0.1, 0.15) is 35.9 Å². The fraction of sp³-hybridized carbons (Fsp3) is 0.381. The summed E-state index contributed by atoms with van der Waals surface area (Å²) in [6.07, 6.45) is 3.14. The summed E-state index contributed by atoms with van der Waals surface area (Å²) in [4.78, 5) is 6.72. The smallest absolute Gasteiger partial charge is 0.223 e. The second-order valence-electron chi connectivity index (χ2n) is 7.08. The van der Waals surface area contributed by atoms with E-state index in [4.69, 9.17) is 8.94 Å². The number of benzene rings is 1. The van der Waals surface area contributed by atoms with Crippen LogP contribution in [0.15, 0.2) is 45.3 Å². The molecule has 1 fully saturated rings. The first kappa shape index (κ1) is 17.5. The maximum atomic E-state index is 9.26. The van der Waals surface area contributed by atoms with Crippen LogP contribution in [-0.4, -0.2) is 28.1 Å². The molecule has 0 bridgehead atoms. The van der Waals surface area contributed by atoms with Crippen molar-refractivity contribution in [1.29, 1.82) is 5.26 Å². The summed E-state index contributed by atoms with van der Waals surface area (Å²) in [5.74, 6) is 3.74. The van der Waals surface area contributed by atoms with E-state index in [1.807, 2.05) is 43.3 Å². The summed E-state index contributed by atoms with van der Waals surface area (Å²) >= 11 is 0. The minimum Gasteiger partial charge on any atom is -0.460 e. The van der Waals surface area contributed by atoms with Gasteiger partial charge in [-0.3, -0.25) is 4.90 Å². The molecule has 0 amide bonds. The zero-order valence-electron chi connectivity index (χ0n) is 15.4. The van der Waals surface area contributed by atoms with Gasteiger partial charge in [-0.25, -0.2) is 0 Å². The molecule has 1 saturated heterocycles. The quantitative estimate of drug-likeness (QED) is 0.683. The Hall–Kier alpha value is -2.91. The molecule has 3 heterocycles. The van der Waals surface area contributed by atoms with Crippen molar-refractivity contribution in [2.45, 2.75) is 32.7 Å². The summed E-state index contributed by atoms with van der Waals surface area (Å²) in [7, 11) is 0. The molecular weight excluding hydrogens is 340 g/mol. The van der Waals surface area contributed by atoms with Gasteiger partial charge in [0, 0.05) is 18.9 Å². The Morgan fingerprint density at radius 3 is 2.74 bits per heavy atom. The SMILES string of the molecule is Cc1nc(CC2CCN(Cc3ccc(-c4ccccc4C#N)o3)CC2)no1. The number of piperidine rings is 1. The first-order chi connectivity index (χ1) is 13.2. The number of rotatable bonds is 5. The lowest BCUT2D eigenvalue weighted by atomic mass is 9.93. The van der Waals surface area contributed by atoms with Gasteiger partial charge < -0.3 is 8.94 Å². The van der Waals surface area contributed by atoms with E-state index in [9.17, 15) is 5.26 Å². The minimum atomic E-state index is 0.605. The molecule has 0 unspecified atom stereocenters. The molecule has 0 aliphatic carbocycles. The number of nitriles is 1. The molecule has 6 nitrogen and oxygen atoms in total. The maximum absolute atomic E-state index is 9.26. The molecule has 0 radical (unpaired) electrons. The van der Waals surface area contributed by atoms with Crippen LogP contribution in [0.5, 0.6) is 0 Å². The highest BCUT2D eigenvalue weighted by atomic mass is 16.5. The van der Waals surface area contributed by atoms with Crippen molar-refractivity contribution < 1.29 is 8.94 Å². The largest absolute Gasteiger partial charge is 0.460 e. The predicted molar refractivity (Wildman–Crippen MR) is 99.6 cm³/mol. The van der Waals surface area contributed by atoms with Crippen LogP contribution in [0.3, 0.4) is 0 Å². The third-order valence-corrected chi connectivity index (χ3v) is 5.10. The van der Waals surface area contributed by atoms with Gasteiger partial charge in [-0.2, -0.15) is 10.2 Å². The van der Waals surface area contributed by atoms with Crippen LogP contribution < -0.4 is 0 Å².